The van der Waals surface area contributed by atoms with Gasteiger partial charge in [0.25, 0.3) is 11.8 Å². The molecule has 88 valence electrons. The second kappa shape index (κ2) is 4.55. The predicted molar refractivity (Wildman–Crippen MR) is 56.5 cm³/mol. The van der Waals surface area contributed by atoms with E-state index in [9.17, 15) is 13.6 Å². The Morgan fingerprint density at radius 3 is 2.69 bits per heavy atom. The number of amides is 1. The molecule has 0 saturated heterocycles. The number of carbonyl (C=O) groups excluding carboxylic acids is 1. The van der Waals surface area contributed by atoms with Crippen molar-refractivity contribution in [3.8, 4) is 0 Å². The molecule has 0 unspecified atom stereocenters. The van der Waals surface area contributed by atoms with Crippen molar-refractivity contribution in [2.75, 3.05) is 0 Å². The second-order valence-corrected chi connectivity index (χ2v) is 3.79. The molecule has 3 nitrogen and oxygen atoms in total. The minimum absolute atomic E-state index is 0.318. The molecule has 0 aliphatic heterocycles. The number of nitrogens with zero attached hydrogens (tertiary/aromatic N) is 1. The number of alkyl halides is 2. The van der Waals surface area contributed by atoms with E-state index in [2.05, 4.69) is 10.3 Å². The fourth-order valence-electron chi connectivity index (χ4n) is 1.13. The summed E-state index contributed by atoms with van der Waals surface area (Å²) in [5.41, 5.74) is 0.838. The van der Waals surface area contributed by atoms with Crippen LogP contribution in [0.5, 0.6) is 0 Å². The van der Waals surface area contributed by atoms with Gasteiger partial charge in [-0.3, -0.25) is 9.78 Å². The Morgan fingerprint density at radius 1 is 1.56 bits per heavy atom. The monoisotopic (exact) mass is 228 g/mol. The van der Waals surface area contributed by atoms with Gasteiger partial charge < -0.3 is 5.32 Å². The third-order valence-corrected chi connectivity index (χ3v) is 2.36. The highest BCUT2D eigenvalue weighted by Gasteiger charge is 2.31. The van der Waals surface area contributed by atoms with Crippen LogP contribution in [0.2, 0.25) is 0 Å². The van der Waals surface area contributed by atoms with Crippen molar-refractivity contribution < 1.29 is 13.6 Å². The lowest BCUT2D eigenvalue weighted by Crippen LogP contribution is -2.44. The highest BCUT2D eigenvalue weighted by atomic mass is 19.3. The largest absolute Gasteiger partial charge is 0.343 e. The van der Waals surface area contributed by atoms with Gasteiger partial charge in [0.05, 0.1) is 11.6 Å². The summed E-state index contributed by atoms with van der Waals surface area (Å²) in [5.74, 6) is -3.47. The zero-order chi connectivity index (χ0) is 12.3. The van der Waals surface area contributed by atoms with Gasteiger partial charge in [0, 0.05) is 18.8 Å². The maximum absolute atomic E-state index is 12.9. The number of halogens is 2. The average Bonchev–Trinajstić information content (AvgIpc) is 2.16. The number of rotatable bonds is 3. The minimum Gasteiger partial charge on any atom is -0.343 e. The highest BCUT2D eigenvalue weighted by molar-refractivity contribution is 5.95. The maximum Gasteiger partial charge on any atom is 0.264 e. The van der Waals surface area contributed by atoms with Crippen LogP contribution < -0.4 is 5.32 Å². The molecule has 0 aliphatic carbocycles. The Kier molecular flexibility index (Phi) is 3.57. The van der Waals surface area contributed by atoms with Crippen LogP contribution in [0.25, 0.3) is 0 Å². The molecule has 5 heteroatoms. The lowest BCUT2D eigenvalue weighted by Gasteiger charge is -2.20. The van der Waals surface area contributed by atoms with Crippen LogP contribution in [0.3, 0.4) is 0 Å². The quantitative estimate of drug-likeness (QED) is 0.861. The normalized spacial score (nSPS) is 13.3. The van der Waals surface area contributed by atoms with Crippen LogP contribution in [0, 0.1) is 6.92 Å². The number of pyridine rings is 1. The maximum atomic E-state index is 12.9. The third kappa shape index (κ3) is 2.98. The van der Waals surface area contributed by atoms with E-state index in [1.165, 1.54) is 6.92 Å². The molecule has 16 heavy (non-hydrogen) atoms. The molecule has 1 N–H and O–H groups in total. The van der Waals surface area contributed by atoms with Crippen molar-refractivity contribution >= 4 is 5.91 Å². The second-order valence-electron chi connectivity index (χ2n) is 3.79. The van der Waals surface area contributed by atoms with E-state index < -0.39 is 17.9 Å². The Labute approximate surface area is 92.9 Å². The first kappa shape index (κ1) is 12.5. The standard InChI is InChI=1S/C11H14F2N2O/c1-7-9(5-4-6-14-7)10(16)15-8(2)11(3,12)13/h4-6,8H,1-3H3,(H,15,16)/t8-/m1/s1. The van der Waals surface area contributed by atoms with Gasteiger partial charge in [0.15, 0.2) is 0 Å². The summed E-state index contributed by atoms with van der Waals surface area (Å²) in [4.78, 5) is 15.6. The third-order valence-electron chi connectivity index (χ3n) is 2.36. The van der Waals surface area contributed by atoms with Crippen molar-refractivity contribution in [1.82, 2.24) is 10.3 Å². The minimum atomic E-state index is -2.94. The summed E-state index contributed by atoms with van der Waals surface area (Å²) < 4.78 is 25.7. The van der Waals surface area contributed by atoms with Crippen LogP contribution in [0.1, 0.15) is 29.9 Å². The Hall–Kier alpha value is -1.52. The van der Waals surface area contributed by atoms with Crippen LogP contribution in [-0.2, 0) is 0 Å². The zero-order valence-corrected chi connectivity index (χ0v) is 9.42. The molecule has 1 aromatic rings. The smallest absolute Gasteiger partial charge is 0.264 e. The van der Waals surface area contributed by atoms with Gasteiger partial charge in [-0.1, -0.05) is 0 Å². The van der Waals surface area contributed by atoms with E-state index in [-0.39, 0.29) is 0 Å². The predicted octanol–water partition coefficient (Wildman–Crippen LogP) is 2.16. The SMILES string of the molecule is Cc1ncccc1C(=O)N[C@H](C)C(C)(F)F. The van der Waals surface area contributed by atoms with Crippen LogP contribution in [0.4, 0.5) is 8.78 Å². The average molecular weight is 228 g/mol. The lowest BCUT2D eigenvalue weighted by molar-refractivity contribution is -0.0108. The molecule has 0 fully saturated rings. The molecule has 0 aliphatic rings. The van der Waals surface area contributed by atoms with E-state index in [0.717, 1.165) is 6.92 Å². The molecule has 1 rings (SSSR count). The van der Waals surface area contributed by atoms with E-state index in [4.69, 9.17) is 0 Å². The fourth-order valence-corrected chi connectivity index (χ4v) is 1.13. The summed E-state index contributed by atoms with van der Waals surface area (Å²) in [5, 5.41) is 2.25. The van der Waals surface area contributed by atoms with Crippen LogP contribution in [0.15, 0.2) is 18.3 Å². The Morgan fingerprint density at radius 2 is 2.19 bits per heavy atom. The molecule has 1 amide bonds. The molecule has 0 spiro atoms. The molecule has 0 bridgehead atoms. The Bertz CT molecular complexity index is 388. The fraction of sp³-hybridized carbons (Fsp3) is 0.455. The van der Waals surface area contributed by atoms with Crippen molar-refractivity contribution in [2.45, 2.75) is 32.7 Å². The number of carbonyl (C=O) groups is 1. The van der Waals surface area contributed by atoms with Crippen molar-refractivity contribution in [3.63, 3.8) is 0 Å². The number of aromatic nitrogens is 1. The highest BCUT2D eigenvalue weighted by Crippen LogP contribution is 2.17. The zero-order valence-electron chi connectivity index (χ0n) is 9.42. The molecular weight excluding hydrogens is 214 g/mol. The van der Waals surface area contributed by atoms with Gasteiger partial charge >= 0.3 is 0 Å². The Balaban J connectivity index is 2.78. The van der Waals surface area contributed by atoms with E-state index in [1.54, 1.807) is 25.3 Å². The van der Waals surface area contributed by atoms with Crippen molar-refractivity contribution in [3.05, 3.63) is 29.6 Å². The molecule has 0 aromatic carbocycles. The lowest BCUT2D eigenvalue weighted by atomic mass is 10.1. The number of aryl methyl sites for hydroxylation is 1. The first-order chi connectivity index (χ1) is 7.32. The molecule has 1 aromatic heterocycles. The van der Waals surface area contributed by atoms with E-state index >= 15 is 0 Å². The van der Waals surface area contributed by atoms with Crippen LogP contribution >= 0.6 is 0 Å². The van der Waals surface area contributed by atoms with Gasteiger partial charge in [0.2, 0.25) is 0 Å². The summed E-state index contributed by atoms with van der Waals surface area (Å²) in [6.45, 7) is 3.70. The van der Waals surface area contributed by atoms with E-state index in [1.807, 2.05) is 0 Å². The van der Waals surface area contributed by atoms with Gasteiger partial charge in [-0.2, -0.15) is 0 Å². The molecular formula is C11H14F2N2O. The van der Waals surface area contributed by atoms with Gasteiger partial charge in [0.1, 0.15) is 0 Å². The topological polar surface area (TPSA) is 42.0 Å². The van der Waals surface area contributed by atoms with Crippen molar-refractivity contribution in [2.24, 2.45) is 0 Å². The molecule has 1 atom stereocenters. The summed E-state index contributed by atoms with van der Waals surface area (Å²) >= 11 is 0. The van der Waals surface area contributed by atoms with Gasteiger partial charge in [-0.05, 0) is 26.0 Å². The molecule has 0 radical (unpaired) electrons. The van der Waals surface area contributed by atoms with E-state index in [0.29, 0.717) is 11.3 Å². The first-order valence-corrected chi connectivity index (χ1v) is 4.92. The summed E-state index contributed by atoms with van der Waals surface area (Å²) in [6.07, 6.45) is 1.55. The summed E-state index contributed by atoms with van der Waals surface area (Å²) in [6, 6.07) is 1.94. The number of nitrogens with one attached hydrogen (secondary N) is 1. The van der Waals surface area contributed by atoms with Gasteiger partial charge in [-0.25, -0.2) is 8.78 Å². The van der Waals surface area contributed by atoms with Gasteiger partial charge in [-0.15, -0.1) is 0 Å². The molecule has 0 saturated carbocycles. The molecule has 1 heterocycles. The first-order valence-electron chi connectivity index (χ1n) is 4.92. The number of hydrogen-bond donors (Lipinski definition) is 1. The van der Waals surface area contributed by atoms with Crippen molar-refractivity contribution in [1.29, 1.82) is 0 Å². The summed E-state index contributed by atoms with van der Waals surface area (Å²) in [7, 11) is 0. The van der Waals surface area contributed by atoms with Crippen LogP contribution in [-0.4, -0.2) is 22.9 Å². The number of hydrogen-bond acceptors (Lipinski definition) is 2.